The molecule has 3 atom stereocenters. The van der Waals surface area contributed by atoms with Crippen LogP contribution in [0, 0.1) is 17.3 Å². The number of carbonyl (C=O) groups is 1. The molecule has 3 nitrogen and oxygen atoms in total. The predicted molar refractivity (Wildman–Crippen MR) is 62.9 cm³/mol. The van der Waals surface area contributed by atoms with Crippen molar-refractivity contribution in [2.75, 3.05) is 6.61 Å². The molecular formula is C13H23NO2. The minimum absolute atomic E-state index is 0.202. The summed E-state index contributed by atoms with van der Waals surface area (Å²) in [6, 6.07) is 0.211. The normalized spacial score (nSPS) is 36.8. The minimum atomic E-state index is 0.202. The summed E-state index contributed by atoms with van der Waals surface area (Å²) in [5.41, 5.74) is 0.202. The average Bonchev–Trinajstić information content (AvgIpc) is 2.89. The fraction of sp³-hybridized carbons (Fsp3) is 0.923. The van der Waals surface area contributed by atoms with E-state index in [1.165, 1.54) is 12.8 Å². The first-order valence-electron chi connectivity index (χ1n) is 6.46. The van der Waals surface area contributed by atoms with Crippen molar-refractivity contribution in [1.29, 1.82) is 0 Å². The highest BCUT2D eigenvalue weighted by Gasteiger charge is 2.51. The summed E-state index contributed by atoms with van der Waals surface area (Å²) in [5.74, 6) is 0.684. The van der Waals surface area contributed by atoms with E-state index in [2.05, 4.69) is 19.2 Å². The van der Waals surface area contributed by atoms with Crippen LogP contribution in [0.1, 0.15) is 46.0 Å². The summed E-state index contributed by atoms with van der Waals surface area (Å²) in [7, 11) is 0. The van der Waals surface area contributed by atoms with Gasteiger partial charge < -0.3 is 10.4 Å². The molecule has 92 valence electrons. The first kappa shape index (κ1) is 11.9. The number of amides is 1. The van der Waals surface area contributed by atoms with Crippen molar-refractivity contribution >= 4 is 5.91 Å². The Balaban J connectivity index is 1.86. The Morgan fingerprint density at radius 1 is 1.38 bits per heavy atom. The standard InChI is InChI=1S/C13H23NO2/c1-13(2)7-10(13)12(16)14-11-6-4-3-5-9(11)8-15/h9-11,15H,3-8H2,1-2H3,(H,14,16)/t9?,10-,11?/m1/s1. The van der Waals surface area contributed by atoms with Crippen LogP contribution in [0.25, 0.3) is 0 Å². The molecule has 2 rings (SSSR count). The molecule has 0 aromatic heterocycles. The highest BCUT2D eigenvalue weighted by Crippen LogP contribution is 2.51. The van der Waals surface area contributed by atoms with Crippen LogP contribution in [0.2, 0.25) is 0 Å². The first-order chi connectivity index (χ1) is 7.54. The Bertz CT molecular complexity index is 275. The zero-order chi connectivity index (χ0) is 11.8. The highest BCUT2D eigenvalue weighted by atomic mass is 16.3. The Labute approximate surface area is 97.6 Å². The Hall–Kier alpha value is -0.570. The van der Waals surface area contributed by atoms with Crippen molar-refractivity contribution in [2.24, 2.45) is 17.3 Å². The summed E-state index contributed by atoms with van der Waals surface area (Å²) in [6.45, 7) is 4.49. The third-order valence-electron chi connectivity index (χ3n) is 4.30. The van der Waals surface area contributed by atoms with Gasteiger partial charge in [-0.15, -0.1) is 0 Å². The Morgan fingerprint density at radius 3 is 2.56 bits per heavy atom. The topological polar surface area (TPSA) is 49.3 Å². The van der Waals surface area contributed by atoms with Crippen LogP contribution < -0.4 is 5.32 Å². The van der Waals surface area contributed by atoms with Crippen molar-refractivity contribution in [2.45, 2.75) is 52.0 Å². The van der Waals surface area contributed by atoms with Gasteiger partial charge in [0.2, 0.25) is 5.91 Å². The van der Waals surface area contributed by atoms with Gasteiger partial charge in [-0.3, -0.25) is 4.79 Å². The second-order valence-electron chi connectivity index (χ2n) is 6.09. The van der Waals surface area contributed by atoms with E-state index in [0.717, 1.165) is 19.3 Å². The minimum Gasteiger partial charge on any atom is -0.396 e. The van der Waals surface area contributed by atoms with Crippen LogP contribution in [0.15, 0.2) is 0 Å². The van der Waals surface area contributed by atoms with Gasteiger partial charge in [-0.05, 0) is 24.7 Å². The lowest BCUT2D eigenvalue weighted by atomic mass is 9.85. The maximum atomic E-state index is 12.0. The summed E-state index contributed by atoms with van der Waals surface area (Å²) in [4.78, 5) is 12.0. The SMILES string of the molecule is CC1(C)C[C@@H]1C(=O)NC1CCCCC1CO. The number of aliphatic hydroxyl groups excluding tert-OH is 1. The van der Waals surface area contributed by atoms with Gasteiger partial charge in [-0.25, -0.2) is 0 Å². The molecule has 0 radical (unpaired) electrons. The van der Waals surface area contributed by atoms with Gasteiger partial charge in [0.15, 0.2) is 0 Å². The Morgan fingerprint density at radius 2 is 2.00 bits per heavy atom. The maximum Gasteiger partial charge on any atom is 0.223 e. The van der Waals surface area contributed by atoms with E-state index in [4.69, 9.17) is 0 Å². The average molecular weight is 225 g/mol. The summed E-state index contributed by atoms with van der Waals surface area (Å²) in [5, 5.41) is 12.4. The molecule has 0 bridgehead atoms. The molecule has 0 spiro atoms. The molecular weight excluding hydrogens is 202 g/mol. The molecule has 0 aromatic carbocycles. The molecule has 2 unspecified atom stereocenters. The predicted octanol–water partition coefficient (Wildman–Crippen LogP) is 1.70. The van der Waals surface area contributed by atoms with Gasteiger partial charge >= 0.3 is 0 Å². The number of rotatable bonds is 3. The maximum absolute atomic E-state index is 12.0. The number of carbonyl (C=O) groups excluding carboxylic acids is 1. The van der Waals surface area contributed by atoms with Gasteiger partial charge in [0.25, 0.3) is 0 Å². The van der Waals surface area contributed by atoms with E-state index in [1.807, 2.05) is 0 Å². The van der Waals surface area contributed by atoms with Gasteiger partial charge in [0.1, 0.15) is 0 Å². The van der Waals surface area contributed by atoms with Gasteiger partial charge in [0.05, 0.1) is 0 Å². The lowest BCUT2D eigenvalue weighted by molar-refractivity contribution is -0.124. The molecule has 0 heterocycles. The van der Waals surface area contributed by atoms with Gasteiger partial charge in [0, 0.05) is 24.5 Å². The van der Waals surface area contributed by atoms with E-state index in [0.29, 0.717) is 0 Å². The number of hydrogen-bond acceptors (Lipinski definition) is 2. The van der Waals surface area contributed by atoms with Crippen LogP contribution in [0.5, 0.6) is 0 Å². The van der Waals surface area contributed by atoms with E-state index < -0.39 is 0 Å². The highest BCUT2D eigenvalue weighted by molar-refractivity contribution is 5.82. The number of nitrogens with one attached hydrogen (secondary N) is 1. The van der Waals surface area contributed by atoms with Crippen molar-refractivity contribution in [1.82, 2.24) is 5.32 Å². The van der Waals surface area contributed by atoms with E-state index in [1.54, 1.807) is 0 Å². The third-order valence-corrected chi connectivity index (χ3v) is 4.30. The Kier molecular flexibility index (Phi) is 3.24. The van der Waals surface area contributed by atoms with Crippen LogP contribution >= 0.6 is 0 Å². The lowest BCUT2D eigenvalue weighted by Gasteiger charge is -2.31. The molecule has 16 heavy (non-hydrogen) atoms. The summed E-state index contributed by atoms with van der Waals surface area (Å²) in [6.07, 6.45) is 5.46. The molecule has 2 saturated carbocycles. The summed E-state index contributed by atoms with van der Waals surface area (Å²) >= 11 is 0. The second kappa shape index (κ2) is 4.36. The monoisotopic (exact) mass is 225 g/mol. The van der Waals surface area contributed by atoms with E-state index >= 15 is 0 Å². The molecule has 0 saturated heterocycles. The largest absolute Gasteiger partial charge is 0.396 e. The zero-order valence-corrected chi connectivity index (χ0v) is 10.3. The molecule has 0 aromatic rings. The van der Waals surface area contributed by atoms with Crippen molar-refractivity contribution in [3.05, 3.63) is 0 Å². The number of hydrogen-bond donors (Lipinski definition) is 2. The molecule has 2 aliphatic rings. The van der Waals surface area contributed by atoms with Crippen LogP contribution in [-0.2, 0) is 4.79 Å². The first-order valence-corrected chi connectivity index (χ1v) is 6.46. The molecule has 1 amide bonds. The molecule has 2 fully saturated rings. The van der Waals surface area contributed by atoms with E-state index in [-0.39, 0.29) is 35.8 Å². The smallest absolute Gasteiger partial charge is 0.223 e. The van der Waals surface area contributed by atoms with Gasteiger partial charge in [-0.1, -0.05) is 26.7 Å². The van der Waals surface area contributed by atoms with Gasteiger partial charge in [-0.2, -0.15) is 0 Å². The molecule has 2 aliphatic carbocycles. The van der Waals surface area contributed by atoms with E-state index in [9.17, 15) is 9.90 Å². The second-order valence-corrected chi connectivity index (χ2v) is 6.09. The lowest BCUT2D eigenvalue weighted by Crippen LogP contribution is -2.44. The van der Waals surface area contributed by atoms with Crippen molar-refractivity contribution in [3.63, 3.8) is 0 Å². The quantitative estimate of drug-likeness (QED) is 0.768. The summed E-state index contributed by atoms with van der Waals surface area (Å²) < 4.78 is 0. The molecule has 3 heteroatoms. The van der Waals surface area contributed by atoms with Crippen LogP contribution in [0.3, 0.4) is 0 Å². The number of aliphatic hydroxyl groups is 1. The fourth-order valence-electron chi connectivity index (χ4n) is 2.81. The molecule has 2 N–H and O–H groups in total. The van der Waals surface area contributed by atoms with Crippen LogP contribution in [-0.4, -0.2) is 23.7 Å². The van der Waals surface area contributed by atoms with Crippen molar-refractivity contribution in [3.8, 4) is 0 Å². The zero-order valence-electron chi connectivity index (χ0n) is 10.3. The van der Waals surface area contributed by atoms with Crippen molar-refractivity contribution < 1.29 is 9.90 Å². The molecule has 0 aliphatic heterocycles. The fourth-order valence-corrected chi connectivity index (χ4v) is 2.81. The van der Waals surface area contributed by atoms with Crippen LogP contribution in [0.4, 0.5) is 0 Å². The third kappa shape index (κ3) is 2.40.